The van der Waals surface area contributed by atoms with Crippen LogP contribution in [0.5, 0.6) is 11.5 Å². The van der Waals surface area contributed by atoms with Crippen molar-refractivity contribution in [3.8, 4) is 11.5 Å². The Morgan fingerprint density at radius 1 is 0.667 bits per heavy atom. The number of benzene rings is 1. The van der Waals surface area contributed by atoms with Gasteiger partial charge in [0.15, 0.2) is 11.5 Å². The summed E-state index contributed by atoms with van der Waals surface area (Å²) in [6.45, 7) is 13.0. The Kier molecular flexibility index (Phi) is 19.2. The Labute approximate surface area is 204 Å². The second kappa shape index (κ2) is 21.3. The van der Waals surface area contributed by atoms with Gasteiger partial charge in [0.2, 0.25) is 6.79 Å². The maximum Gasteiger partial charge on any atom is 0.231 e. The van der Waals surface area contributed by atoms with Crippen LogP contribution >= 0.6 is 0 Å². The quantitative estimate of drug-likeness (QED) is 0.166. The van der Waals surface area contributed by atoms with Crippen molar-refractivity contribution in [2.75, 3.05) is 39.8 Å². The van der Waals surface area contributed by atoms with Crippen molar-refractivity contribution in [2.24, 2.45) is 0 Å². The molecule has 1 aromatic rings. The van der Waals surface area contributed by atoms with Gasteiger partial charge in [0, 0.05) is 6.61 Å². The van der Waals surface area contributed by atoms with Crippen molar-refractivity contribution >= 4 is 7.28 Å². The van der Waals surface area contributed by atoms with Gasteiger partial charge in [0.1, 0.15) is 7.28 Å². The number of hydrogen-bond acceptors (Lipinski definition) is 5. The van der Waals surface area contributed by atoms with Crippen LogP contribution in [0.15, 0.2) is 12.1 Å². The van der Waals surface area contributed by atoms with E-state index >= 15 is 0 Å². The van der Waals surface area contributed by atoms with Crippen molar-refractivity contribution in [1.82, 2.24) is 0 Å². The van der Waals surface area contributed by atoms with E-state index in [2.05, 4.69) is 41.0 Å². The maximum absolute atomic E-state index is 5.75. The third-order valence-corrected chi connectivity index (χ3v) is 5.38. The molecule has 0 atom stereocenters. The van der Waals surface area contributed by atoms with Gasteiger partial charge in [-0.05, 0) is 36.1 Å². The van der Waals surface area contributed by atoms with Crippen LogP contribution in [0.1, 0.15) is 83.8 Å². The smallest absolute Gasteiger partial charge is 0.231 e. The molecule has 0 bridgehead atoms. The molecular formula is C27H48BO5. The summed E-state index contributed by atoms with van der Waals surface area (Å²) in [5, 5.41) is 0. The van der Waals surface area contributed by atoms with E-state index in [0.29, 0.717) is 39.8 Å². The first-order chi connectivity index (χ1) is 16.3. The number of unbranched alkanes of at least 4 members (excludes halogenated alkanes) is 3. The summed E-state index contributed by atoms with van der Waals surface area (Å²) >= 11 is 0. The van der Waals surface area contributed by atoms with Crippen LogP contribution in [0.4, 0.5) is 0 Å². The van der Waals surface area contributed by atoms with E-state index < -0.39 is 0 Å². The zero-order valence-electron chi connectivity index (χ0n) is 21.8. The summed E-state index contributed by atoms with van der Waals surface area (Å²) in [6.07, 6.45) is 12.5. The van der Waals surface area contributed by atoms with Crippen molar-refractivity contribution in [3.05, 3.63) is 23.3 Å². The summed E-state index contributed by atoms with van der Waals surface area (Å²) in [5.74, 6) is 1.66. The second-order valence-electron chi connectivity index (χ2n) is 8.43. The number of hydrogen-bond donors (Lipinski definition) is 0. The fourth-order valence-corrected chi connectivity index (χ4v) is 3.37. The molecule has 0 aromatic heterocycles. The lowest BCUT2D eigenvalue weighted by Crippen LogP contribution is -2.10. The molecule has 0 saturated heterocycles. The van der Waals surface area contributed by atoms with Crippen molar-refractivity contribution < 1.29 is 23.7 Å². The number of ether oxygens (including phenoxy) is 5. The molecule has 1 heterocycles. The van der Waals surface area contributed by atoms with Gasteiger partial charge < -0.3 is 23.7 Å². The molecule has 1 aliphatic heterocycles. The molecule has 0 N–H and O–H groups in total. The van der Waals surface area contributed by atoms with Gasteiger partial charge in [-0.3, -0.25) is 0 Å². The molecule has 5 nitrogen and oxygen atoms in total. The third kappa shape index (κ3) is 14.6. The standard InChI is InChI=1S/C19H30O5.C8H18B/c1-3-5-7-20-8-9-21-10-11-22-14-17-13-19-18(23-15-24-19)12-16(17)6-4-2;1-3-5-7-9-8-6-4-2/h12-13H,3-11,14-15H2,1-2H3;3-8H2,1-2H3. The predicted molar refractivity (Wildman–Crippen MR) is 138 cm³/mol. The van der Waals surface area contributed by atoms with Crippen LogP contribution in [-0.2, 0) is 27.2 Å². The molecule has 1 aliphatic rings. The second-order valence-corrected chi connectivity index (χ2v) is 8.43. The summed E-state index contributed by atoms with van der Waals surface area (Å²) in [6, 6.07) is 4.12. The van der Waals surface area contributed by atoms with E-state index in [0.717, 1.165) is 43.8 Å². The lowest BCUT2D eigenvalue weighted by atomic mass is 9.68. The first kappa shape index (κ1) is 29.8. The Morgan fingerprint density at radius 3 is 1.79 bits per heavy atom. The van der Waals surface area contributed by atoms with Crippen molar-refractivity contribution in [3.63, 3.8) is 0 Å². The minimum absolute atomic E-state index is 0.305. The summed E-state index contributed by atoms with van der Waals surface area (Å²) in [7, 11) is 2.42. The van der Waals surface area contributed by atoms with Crippen LogP contribution in [0, 0.1) is 0 Å². The van der Waals surface area contributed by atoms with Crippen LogP contribution in [0.3, 0.4) is 0 Å². The normalized spacial score (nSPS) is 11.9. The van der Waals surface area contributed by atoms with E-state index in [1.54, 1.807) is 0 Å². The lowest BCUT2D eigenvalue weighted by molar-refractivity contribution is 0.0101. The van der Waals surface area contributed by atoms with E-state index in [9.17, 15) is 0 Å². The molecule has 2 rings (SSSR count). The average Bonchev–Trinajstić information content (AvgIpc) is 3.28. The number of fused-ring (bicyclic) bond motifs is 1. The zero-order valence-corrected chi connectivity index (χ0v) is 21.8. The third-order valence-electron chi connectivity index (χ3n) is 5.38. The zero-order chi connectivity index (χ0) is 24.0. The number of rotatable bonds is 19. The molecule has 33 heavy (non-hydrogen) atoms. The Hall–Kier alpha value is -1.24. The highest BCUT2D eigenvalue weighted by Gasteiger charge is 2.16. The van der Waals surface area contributed by atoms with Gasteiger partial charge in [-0.2, -0.15) is 0 Å². The molecule has 189 valence electrons. The average molecular weight is 463 g/mol. The lowest BCUT2D eigenvalue weighted by Gasteiger charge is -2.11. The fourth-order valence-electron chi connectivity index (χ4n) is 3.37. The molecule has 0 spiro atoms. The highest BCUT2D eigenvalue weighted by molar-refractivity contribution is 6.35. The van der Waals surface area contributed by atoms with Crippen LogP contribution in [0.2, 0.25) is 12.6 Å². The van der Waals surface area contributed by atoms with E-state index in [1.807, 2.05) is 6.07 Å². The van der Waals surface area contributed by atoms with Crippen molar-refractivity contribution in [2.45, 2.75) is 98.3 Å². The van der Waals surface area contributed by atoms with Gasteiger partial charge in [-0.15, -0.1) is 0 Å². The molecule has 1 aromatic carbocycles. The molecule has 0 aliphatic carbocycles. The monoisotopic (exact) mass is 463 g/mol. The molecule has 1 radical (unpaired) electrons. The fraction of sp³-hybridized carbons (Fsp3) is 0.778. The van der Waals surface area contributed by atoms with E-state index in [1.165, 1.54) is 49.5 Å². The van der Waals surface area contributed by atoms with Gasteiger partial charge >= 0.3 is 0 Å². The summed E-state index contributed by atoms with van der Waals surface area (Å²) in [5.41, 5.74) is 2.44. The SMILES string of the molecule is CCCCOCCOCCOCc1cc2c(cc1CCC)OCO2.CCCC[B]CCCC. The predicted octanol–water partition coefficient (Wildman–Crippen LogP) is 6.85. The highest BCUT2D eigenvalue weighted by atomic mass is 16.7. The van der Waals surface area contributed by atoms with Gasteiger partial charge in [-0.25, -0.2) is 0 Å². The van der Waals surface area contributed by atoms with Crippen LogP contribution < -0.4 is 9.47 Å². The molecule has 0 fully saturated rings. The Morgan fingerprint density at radius 2 is 1.21 bits per heavy atom. The molecule has 0 unspecified atom stereocenters. The first-order valence-corrected chi connectivity index (χ1v) is 13.2. The topological polar surface area (TPSA) is 46.2 Å². The largest absolute Gasteiger partial charge is 0.454 e. The minimum atomic E-state index is 0.305. The highest BCUT2D eigenvalue weighted by Crippen LogP contribution is 2.35. The van der Waals surface area contributed by atoms with E-state index in [-0.39, 0.29) is 0 Å². The first-order valence-electron chi connectivity index (χ1n) is 13.2. The summed E-state index contributed by atoms with van der Waals surface area (Å²) in [4.78, 5) is 0. The molecular weight excluding hydrogens is 415 g/mol. The molecule has 0 saturated carbocycles. The Balaban J connectivity index is 0.000000513. The van der Waals surface area contributed by atoms with Gasteiger partial charge in [-0.1, -0.05) is 78.9 Å². The van der Waals surface area contributed by atoms with E-state index in [4.69, 9.17) is 23.7 Å². The van der Waals surface area contributed by atoms with Crippen LogP contribution in [0.25, 0.3) is 0 Å². The number of aryl methyl sites for hydroxylation is 1. The van der Waals surface area contributed by atoms with Gasteiger partial charge in [0.25, 0.3) is 0 Å². The van der Waals surface area contributed by atoms with Crippen molar-refractivity contribution in [1.29, 1.82) is 0 Å². The van der Waals surface area contributed by atoms with Crippen LogP contribution in [-0.4, -0.2) is 47.1 Å². The summed E-state index contributed by atoms with van der Waals surface area (Å²) < 4.78 is 27.6. The molecule has 6 heteroatoms. The van der Waals surface area contributed by atoms with Gasteiger partial charge in [0.05, 0.1) is 33.0 Å². The Bertz CT molecular complexity index is 576. The maximum atomic E-state index is 5.75. The molecule has 0 amide bonds. The minimum Gasteiger partial charge on any atom is -0.454 e.